The molecule has 0 radical (unpaired) electrons. The minimum absolute atomic E-state index is 0.0575. The highest BCUT2D eigenvalue weighted by Crippen LogP contribution is 2.22. The first kappa shape index (κ1) is 24.1. The Kier molecular flexibility index (Phi) is 9.36. The Morgan fingerprint density at radius 1 is 0.906 bits per heavy atom. The van der Waals surface area contributed by atoms with E-state index in [-0.39, 0.29) is 5.78 Å². The van der Waals surface area contributed by atoms with Gasteiger partial charge in [-0.25, -0.2) is 0 Å². The number of nitrogens with zero attached hydrogens (tertiary/aromatic N) is 2. The van der Waals surface area contributed by atoms with Gasteiger partial charge in [0.05, 0.1) is 12.3 Å². The molecule has 32 heavy (non-hydrogen) atoms. The lowest BCUT2D eigenvalue weighted by molar-refractivity contribution is 0.103. The van der Waals surface area contributed by atoms with E-state index >= 15 is 0 Å². The summed E-state index contributed by atoms with van der Waals surface area (Å²) in [5, 5.41) is 0. The number of carbonyl (C=O) groups excluding carboxylic acids is 1. The van der Waals surface area contributed by atoms with Crippen LogP contribution in [-0.2, 0) is 6.42 Å². The van der Waals surface area contributed by atoms with E-state index in [1.807, 2.05) is 53.1 Å². The van der Waals surface area contributed by atoms with Crippen LogP contribution in [0.5, 0.6) is 5.75 Å². The molecule has 0 unspecified atom stereocenters. The number of rotatable bonds is 14. The van der Waals surface area contributed by atoms with Crippen LogP contribution < -0.4 is 4.74 Å². The summed E-state index contributed by atoms with van der Waals surface area (Å²) in [7, 11) is 0. The van der Waals surface area contributed by atoms with Crippen LogP contribution in [0.15, 0.2) is 54.7 Å². The van der Waals surface area contributed by atoms with Crippen molar-refractivity contribution in [1.29, 1.82) is 0 Å². The fraction of sp³-hybridized carbons (Fsp3) is 0.464. The van der Waals surface area contributed by atoms with Gasteiger partial charge in [0, 0.05) is 23.8 Å². The van der Waals surface area contributed by atoms with Crippen LogP contribution >= 0.6 is 0 Å². The number of hydrogen-bond donors (Lipinski definition) is 0. The first-order chi connectivity index (χ1) is 15.7. The summed E-state index contributed by atoms with van der Waals surface area (Å²) in [6.45, 7) is 10.7. The highest BCUT2D eigenvalue weighted by atomic mass is 16.5. The topological polar surface area (TPSA) is 34.0 Å². The van der Waals surface area contributed by atoms with Gasteiger partial charge in [-0.1, -0.05) is 39.7 Å². The Morgan fingerprint density at radius 2 is 1.59 bits per heavy atom. The maximum absolute atomic E-state index is 13.3. The molecule has 0 aliphatic carbocycles. The third-order valence-corrected chi connectivity index (χ3v) is 6.01. The molecule has 0 aliphatic rings. The molecule has 1 aromatic carbocycles. The molecule has 172 valence electrons. The van der Waals surface area contributed by atoms with E-state index in [4.69, 9.17) is 4.74 Å². The van der Waals surface area contributed by atoms with E-state index in [0.717, 1.165) is 41.9 Å². The van der Waals surface area contributed by atoms with Gasteiger partial charge in [0.25, 0.3) is 0 Å². The van der Waals surface area contributed by atoms with Crippen LogP contribution in [0.25, 0.3) is 5.52 Å². The van der Waals surface area contributed by atoms with E-state index in [1.165, 1.54) is 38.8 Å². The molecule has 3 aromatic rings. The molecule has 2 heterocycles. The normalized spacial score (nSPS) is 11.4. The van der Waals surface area contributed by atoms with E-state index < -0.39 is 0 Å². The van der Waals surface area contributed by atoms with E-state index in [9.17, 15) is 4.79 Å². The average molecular weight is 435 g/mol. The number of hydrogen-bond acceptors (Lipinski definition) is 3. The summed E-state index contributed by atoms with van der Waals surface area (Å²) in [6, 6.07) is 15.7. The lowest BCUT2D eigenvalue weighted by Gasteiger charge is -2.21. The second kappa shape index (κ2) is 12.4. The lowest BCUT2D eigenvalue weighted by atomic mass is 10.0. The number of aromatic nitrogens is 1. The molecule has 0 aliphatic heterocycles. The van der Waals surface area contributed by atoms with Gasteiger partial charge in [-0.2, -0.15) is 0 Å². The largest absolute Gasteiger partial charge is 0.494 e. The molecule has 2 aromatic heterocycles. The summed E-state index contributed by atoms with van der Waals surface area (Å²) in [5.74, 6) is 0.882. The quantitative estimate of drug-likeness (QED) is 0.217. The molecule has 0 fully saturated rings. The van der Waals surface area contributed by atoms with Gasteiger partial charge in [0.1, 0.15) is 5.75 Å². The molecule has 0 saturated carbocycles. The molecule has 0 N–H and O–H groups in total. The zero-order chi connectivity index (χ0) is 22.8. The van der Waals surface area contributed by atoms with E-state index in [0.29, 0.717) is 12.2 Å². The summed E-state index contributed by atoms with van der Waals surface area (Å²) >= 11 is 0. The molecular formula is C28H38N2O2. The number of fused-ring (bicyclic) bond motifs is 1. The zero-order valence-electron chi connectivity index (χ0n) is 20.0. The number of ether oxygens (including phenoxy) is 1. The van der Waals surface area contributed by atoms with Crippen LogP contribution in [-0.4, -0.2) is 41.3 Å². The average Bonchev–Trinajstić information content (AvgIpc) is 3.21. The first-order valence-corrected chi connectivity index (χ1v) is 12.3. The Bertz CT molecular complexity index is 967. The number of unbranched alkanes of at least 4 members (excludes halogenated alkanes) is 2. The third-order valence-electron chi connectivity index (χ3n) is 6.01. The number of carbonyl (C=O) groups is 1. The van der Waals surface area contributed by atoms with Crippen molar-refractivity contribution in [3.8, 4) is 5.75 Å². The minimum Gasteiger partial charge on any atom is -0.494 e. The van der Waals surface area contributed by atoms with Crippen molar-refractivity contribution in [2.75, 3.05) is 26.2 Å². The monoisotopic (exact) mass is 434 g/mol. The van der Waals surface area contributed by atoms with Crippen LogP contribution in [0.1, 0.15) is 74.5 Å². The predicted molar refractivity (Wildman–Crippen MR) is 133 cm³/mol. The molecular weight excluding hydrogens is 396 g/mol. The second-order valence-electron chi connectivity index (χ2n) is 8.47. The van der Waals surface area contributed by atoms with Gasteiger partial charge in [-0.3, -0.25) is 4.79 Å². The van der Waals surface area contributed by atoms with Crippen molar-refractivity contribution in [2.45, 2.75) is 59.3 Å². The highest BCUT2D eigenvalue weighted by Gasteiger charge is 2.18. The summed E-state index contributed by atoms with van der Waals surface area (Å²) in [4.78, 5) is 15.8. The SMILES string of the molecule is CCCCN(CCCC)CCCOc1ccc(C(=O)c2c(CC)cc3ccccn23)cc1. The fourth-order valence-electron chi connectivity index (χ4n) is 4.12. The molecule has 3 rings (SSSR count). The van der Waals surface area contributed by atoms with Crippen molar-refractivity contribution in [1.82, 2.24) is 9.30 Å². The molecule has 0 atom stereocenters. The maximum atomic E-state index is 13.3. The summed E-state index contributed by atoms with van der Waals surface area (Å²) in [6.07, 6.45) is 8.81. The van der Waals surface area contributed by atoms with E-state index in [1.54, 1.807) is 0 Å². The summed E-state index contributed by atoms with van der Waals surface area (Å²) in [5.41, 5.74) is 3.59. The maximum Gasteiger partial charge on any atom is 0.210 e. The standard InChI is InChI=1S/C28H38N2O2/c1-4-7-17-29(18-8-5-2)19-11-21-32-26-15-13-24(14-16-26)28(31)27-23(6-3)22-25-12-9-10-20-30(25)27/h9-10,12-16,20,22H,4-8,11,17-19,21H2,1-3H3. The van der Waals surface area contributed by atoms with Gasteiger partial charge in [-0.05, 0) is 86.8 Å². The Morgan fingerprint density at radius 3 is 2.25 bits per heavy atom. The smallest absolute Gasteiger partial charge is 0.210 e. The Balaban J connectivity index is 1.57. The third kappa shape index (κ3) is 6.23. The molecule has 0 bridgehead atoms. The molecule has 4 nitrogen and oxygen atoms in total. The van der Waals surface area contributed by atoms with Crippen LogP contribution in [0.4, 0.5) is 0 Å². The van der Waals surface area contributed by atoms with Crippen molar-refractivity contribution in [3.05, 3.63) is 71.5 Å². The van der Waals surface area contributed by atoms with Gasteiger partial charge < -0.3 is 14.0 Å². The minimum atomic E-state index is 0.0575. The van der Waals surface area contributed by atoms with Gasteiger partial charge in [0.15, 0.2) is 0 Å². The van der Waals surface area contributed by atoms with Crippen LogP contribution in [0, 0.1) is 0 Å². The lowest BCUT2D eigenvalue weighted by Crippen LogP contribution is -2.28. The van der Waals surface area contributed by atoms with Crippen LogP contribution in [0.2, 0.25) is 0 Å². The fourth-order valence-corrected chi connectivity index (χ4v) is 4.12. The van der Waals surface area contributed by atoms with Crippen molar-refractivity contribution < 1.29 is 9.53 Å². The van der Waals surface area contributed by atoms with Gasteiger partial charge in [0.2, 0.25) is 5.78 Å². The van der Waals surface area contributed by atoms with Crippen molar-refractivity contribution in [2.24, 2.45) is 0 Å². The molecule has 0 spiro atoms. The van der Waals surface area contributed by atoms with Gasteiger partial charge >= 0.3 is 0 Å². The summed E-state index contributed by atoms with van der Waals surface area (Å²) < 4.78 is 7.96. The number of pyridine rings is 1. The number of ketones is 1. The zero-order valence-corrected chi connectivity index (χ0v) is 20.0. The highest BCUT2D eigenvalue weighted by molar-refractivity contribution is 6.09. The first-order valence-electron chi connectivity index (χ1n) is 12.3. The predicted octanol–water partition coefficient (Wildman–Crippen LogP) is 6.40. The molecule has 0 saturated heterocycles. The number of benzene rings is 1. The second-order valence-corrected chi connectivity index (χ2v) is 8.47. The van der Waals surface area contributed by atoms with Gasteiger partial charge in [-0.15, -0.1) is 0 Å². The molecule has 0 amide bonds. The Labute approximate surface area is 193 Å². The molecule has 4 heteroatoms. The Hall–Kier alpha value is -2.59. The van der Waals surface area contributed by atoms with Crippen LogP contribution in [0.3, 0.4) is 0 Å². The number of aryl methyl sites for hydroxylation is 1. The van der Waals surface area contributed by atoms with Crippen molar-refractivity contribution >= 4 is 11.3 Å². The van der Waals surface area contributed by atoms with E-state index in [2.05, 4.69) is 31.7 Å². The van der Waals surface area contributed by atoms with Crippen molar-refractivity contribution in [3.63, 3.8) is 0 Å².